The van der Waals surface area contributed by atoms with Crippen LogP contribution in [0.3, 0.4) is 0 Å². The van der Waals surface area contributed by atoms with Gasteiger partial charge in [0.25, 0.3) is 0 Å². The highest BCUT2D eigenvalue weighted by Crippen LogP contribution is 2.26. The van der Waals surface area contributed by atoms with E-state index in [1.165, 1.54) is 25.7 Å². The van der Waals surface area contributed by atoms with Crippen LogP contribution in [0.4, 0.5) is 0 Å². The maximum atomic E-state index is 12.0. The van der Waals surface area contributed by atoms with Crippen LogP contribution < -0.4 is 10.6 Å². The molecule has 0 aliphatic heterocycles. The lowest BCUT2D eigenvalue weighted by molar-refractivity contribution is -0.140. The Labute approximate surface area is 128 Å². The second-order valence-electron chi connectivity index (χ2n) is 6.94. The molecule has 120 valence electrons. The Morgan fingerprint density at radius 3 is 2.14 bits per heavy atom. The molecule has 2 aliphatic carbocycles. The highest BCUT2D eigenvalue weighted by atomic mass is 16.2. The van der Waals surface area contributed by atoms with Crippen LogP contribution in [-0.2, 0) is 9.59 Å². The third-order valence-corrected chi connectivity index (χ3v) is 5.39. The van der Waals surface area contributed by atoms with Crippen LogP contribution in [0.5, 0.6) is 0 Å². The zero-order valence-corrected chi connectivity index (χ0v) is 13.5. The highest BCUT2D eigenvalue weighted by Gasteiger charge is 2.27. The van der Waals surface area contributed by atoms with Crippen LogP contribution in [0, 0.1) is 11.8 Å². The summed E-state index contributed by atoms with van der Waals surface area (Å²) < 4.78 is 0. The van der Waals surface area contributed by atoms with E-state index in [2.05, 4.69) is 24.5 Å². The van der Waals surface area contributed by atoms with E-state index in [9.17, 15) is 9.59 Å². The molecule has 2 fully saturated rings. The van der Waals surface area contributed by atoms with Gasteiger partial charge in [-0.25, -0.2) is 0 Å². The van der Waals surface area contributed by atoms with Crippen molar-refractivity contribution in [3.63, 3.8) is 0 Å². The second-order valence-corrected chi connectivity index (χ2v) is 6.94. The first-order chi connectivity index (χ1) is 10.1. The predicted molar refractivity (Wildman–Crippen MR) is 83.7 cm³/mol. The van der Waals surface area contributed by atoms with Gasteiger partial charge in [0.05, 0.1) is 0 Å². The number of hydrogen-bond donors (Lipinski definition) is 2. The van der Waals surface area contributed by atoms with Gasteiger partial charge in [-0.3, -0.25) is 9.59 Å². The summed E-state index contributed by atoms with van der Waals surface area (Å²) >= 11 is 0. The van der Waals surface area contributed by atoms with Gasteiger partial charge in [-0.15, -0.1) is 0 Å². The van der Waals surface area contributed by atoms with Crippen molar-refractivity contribution in [2.75, 3.05) is 0 Å². The smallest absolute Gasteiger partial charge is 0.309 e. The van der Waals surface area contributed by atoms with Gasteiger partial charge in [0, 0.05) is 12.1 Å². The van der Waals surface area contributed by atoms with Crippen LogP contribution >= 0.6 is 0 Å². The van der Waals surface area contributed by atoms with Gasteiger partial charge in [0.2, 0.25) is 0 Å². The summed E-state index contributed by atoms with van der Waals surface area (Å²) in [5.74, 6) is 0.407. The molecule has 0 unspecified atom stereocenters. The normalized spacial score (nSPS) is 33.2. The number of carbonyl (C=O) groups excluding carboxylic acids is 2. The predicted octanol–water partition coefficient (Wildman–Crippen LogP) is 2.77. The molecule has 0 spiro atoms. The van der Waals surface area contributed by atoms with E-state index >= 15 is 0 Å². The molecule has 4 nitrogen and oxygen atoms in total. The molecule has 0 radical (unpaired) electrons. The first kappa shape index (κ1) is 16.3. The fourth-order valence-corrected chi connectivity index (χ4v) is 3.73. The van der Waals surface area contributed by atoms with Gasteiger partial charge < -0.3 is 10.6 Å². The quantitative estimate of drug-likeness (QED) is 0.786. The Balaban J connectivity index is 1.73. The second kappa shape index (κ2) is 7.81. The van der Waals surface area contributed by atoms with Crippen LogP contribution in [0.2, 0.25) is 0 Å². The Kier molecular flexibility index (Phi) is 6.07. The lowest BCUT2D eigenvalue weighted by atomic mass is 9.84. The van der Waals surface area contributed by atoms with Crippen molar-refractivity contribution < 1.29 is 9.59 Å². The Morgan fingerprint density at radius 2 is 1.52 bits per heavy atom. The molecule has 2 N–H and O–H groups in total. The van der Waals surface area contributed by atoms with Crippen molar-refractivity contribution in [2.45, 2.75) is 83.7 Å². The van der Waals surface area contributed by atoms with E-state index in [0.29, 0.717) is 5.92 Å². The molecule has 0 bridgehead atoms. The molecule has 21 heavy (non-hydrogen) atoms. The van der Waals surface area contributed by atoms with Crippen molar-refractivity contribution in [1.82, 2.24) is 10.6 Å². The van der Waals surface area contributed by atoms with Gasteiger partial charge in [-0.1, -0.05) is 33.1 Å². The first-order valence-corrected chi connectivity index (χ1v) is 8.71. The summed E-state index contributed by atoms with van der Waals surface area (Å²) in [6, 6.07) is 0.364. The molecule has 0 aromatic heterocycles. The van der Waals surface area contributed by atoms with Crippen molar-refractivity contribution in [3.05, 3.63) is 0 Å². The van der Waals surface area contributed by atoms with Gasteiger partial charge in [0.1, 0.15) is 0 Å². The van der Waals surface area contributed by atoms with Crippen molar-refractivity contribution in [3.8, 4) is 0 Å². The van der Waals surface area contributed by atoms with E-state index in [1.807, 2.05) is 0 Å². The Bertz CT molecular complexity index is 362. The van der Waals surface area contributed by atoms with Crippen molar-refractivity contribution in [1.29, 1.82) is 0 Å². The zero-order chi connectivity index (χ0) is 15.2. The van der Waals surface area contributed by atoms with E-state index < -0.39 is 11.8 Å². The number of rotatable bonds is 3. The van der Waals surface area contributed by atoms with Gasteiger partial charge >= 0.3 is 11.8 Å². The maximum absolute atomic E-state index is 12.0. The number of nitrogens with one attached hydrogen (secondary N) is 2. The van der Waals surface area contributed by atoms with Crippen LogP contribution in [-0.4, -0.2) is 23.9 Å². The van der Waals surface area contributed by atoms with Gasteiger partial charge in [-0.2, -0.15) is 0 Å². The zero-order valence-electron chi connectivity index (χ0n) is 13.5. The number of hydrogen-bond acceptors (Lipinski definition) is 2. The third kappa shape index (κ3) is 4.72. The average molecular weight is 294 g/mol. The summed E-state index contributed by atoms with van der Waals surface area (Å²) in [6.07, 6.45) is 10.1. The summed E-state index contributed by atoms with van der Waals surface area (Å²) in [6.45, 7) is 4.39. The summed E-state index contributed by atoms with van der Waals surface area (Å²) in [5, 5.41) is 5.84. The molecule has 0 aromatic rings. The third-order valence-electron chi connectivity index (χ3n) is 5.39. The topological polar surface area (TPSA) is 58.2 Å². The summed E-state index contributed by atoms with van der Waals surface area (Å²) in [4.78, 5) is 24.0. The first-order valence-electron chi connectivity index (χ1n) is 8.71. The van der Waals surface area contributed by atoms with Crippen LogP contribution in [0.15, 0.2) is 0 Å². The molecule has 4 heteroatoms. The molecule has 2 atom stereocenters. The van der Waals surface area contributed by atoms with E-state index in [4.69, 9.17) is 0 Å². The van der Waals surface area contributed by atoms with E-state index in [0.717, 1.165) is 38.0 Å². The molecule has 2 saturated carbocycles. The molecule has 0 aromatic carbocycles. The van der Waals surface area contributed by atoms with Crippen LogP contribution in [0.25, 0.3) is 0 Å². The molecular formula is C17H30N2O2. The number of carbonyl (C=O) groups is 2. The summed E-state index contributed by atoms with van der Waals surface area (Å²) in [5.41, 5.74) is 0. The van der Waals surface area contributed by atoms with Crippen LogP contribution in [0.1, 0.15) is 71.6 Å². The molecule has 0 saturated heterocycles. The molecule has 2 aliphatic rings. The van der Waals surface area contributed by atoms with E-state index in [1.54, 1.807) is 0 Å². The Morgan fingerprint density at radius 1 is 0.905 bits per heavy atom. The summed E-state index contributed by atoms with van der Waals surface area (Å²) in [7, 11) is 0. The Hall–Kier alpha value is -1.06. The van der Waals surface area contributed by atoms with Gasteiger partial charge in [0.15, 0.2) is 0 Å². The molecular weight excluding hydrogens is 264 g/mol. The van der Waals surface area contributed by atoms with Crippen molar-refractivity contribution >= 4 is 11.8 Å². The number of amides is 2. The lowest BCUT2D eigenvalue weighted by Crippen LogP contribution is -2.50. The largest absolute Gasteiger partial charge is 0.345 e. The van der Waals surface area contributed by atoms with Crippen molar-refractivity contribution in [2.24, 2.45) is 11.8 Å². The molecule has 2 amide bonds. The monoisotopic (exact) mass is 294 g/mol. The fourth-order valence-electron chi connectivity index (χ4n) is 3.73. The minimum atomic E-state index is -0.439. The van der Waals surface area contributed by atoms with E-state index in [-0.39, 0.29) is 12.1 Å². The minimum absolute atomic E-state index is 0.174. The SMILES string of the molecule is CCC1CCC(NC(=O)C(=O)N[C@H]2CCCC[C@H]2C)CC1. The maximum Gasteiger partial charge on any atom is 0.309 e. The standard InChI is InChI=1S/C17H30N2O2/c1-3-13-8-10-14(11-9-13)18-16(20)17(21)19-15-7-5-4-6-12(15)2/h12-15H,3-11H2,1-2H3,(H,18,20)(H,19,21)/t12-,13?,14?,15+/m1/s1. The minimum Gasteiger partial charge on any atom is -0.345 e. The molecule has 2 rings (SSSR count). The average Bonchev–Trinajstić information content (AvgIpc) is 2.50. The molecule has 0 heterocycles. The highest BCUT2D eigenvalue weighted by molar-refractivity contribution is 6.35. The fraction of sp³-hybridized carbons (Fsp3) is 0.882. The lowest BCUT2D eigenvalue weighted by Gasteiger charge is -2.30. The van der Waals surface area contributed by atoms with Gasteiger partial charge in [-0.05, 0) is 50.4 Å².